The highest BCUT2D eigenvalue weighted by Crippen LogP contribution is 2.29. The van der Waals surface area contributed by atoms with E-state index in [0.29, 0.717) is 21.5 Å². The van der Waals surface area contributed by atoms with Crippen LogP contribution in [0.15, 0.2) is 33.5 Å². The van der Waals surface area contributed by atoms with Crippen molar-refractivity contribution < 1.29 is 9.63 Å². The van der Waals surface area contributed by atoms with Crippen LogP contribution in [0.5, 0.6) is 5.75 Å². The molecule has 0 atom stereocenters. The number of nitriles is 1. The van der Waals surface area contributed by atoms with E-state index in [2.05, 4.69) is 21.1 Å². The summed E-state index contributed by atoms with van der Waals surface area (Å²) in [6.07, 6.45) is 0. The SMILES string of the molecule is N#Cc1c(-c2cccc(O)c2)noc1Br. The third kappa shape index (κ3) is 1.72. The van der Waals surface area contributed by atoms with Crippen LogP contribution in [0.25, 0.3) is 11.3 Å². The lowest BCUT2D eigenvalue weighted by molar-refractivity contribution is 0.402. The molecule has 0 saturated carbocycles. The lowest BCUT2D eigenvalue weighted by Gasteiger charge is -1.96. The van der Waals surface area contributed by atoms with Crippen molar-refractivity contribution >= 4 is 15.9 Å². The molecule has 1 heterocycles. The topological polar surface area (TPSA) is 70.0 Å². The van der Waals surface area contributed by atoms with Gasteiger partial charge in [0.15, 0.2) is 0 Å². The Balaban J connectivity index is 2.60. The van der Waals surface area contributed by atoms with Crippen LogP contribution in [0.2, 0.25) is 0 Å². The van der Waals surface area contributed by atoms with Gasteiger partial charge in [-0.1, -0.05) is 17.3 Å². The van der Waals surface area contributed by atoms with Crippen molar-refractivity contribution in [2.24, 2.45) is 0 Å². The maximum absolute atomic E-state index is 9.29. The second-order valence-corrected chi connectivity index (χ2v) is 3.56. The van der Waals surface area contributed by atoms with Crippen molar-refractivity contribution in [2.45, 2.75) is 0 Å². The van der Waals surface area contributed by atoms with Crippen molar-refractivity contribution in [1.82, 2.24) is 5.16 Å². The van der Waals surface area contributed by atoms with Gasteiger partial charge >= 0.3 is 0 Å². The largest absolute Gasteiger partial charge is 0.508 e. The van der Waals surface area contributed by atoms with E-state index in [0.717, 1.165) is 0 Å². The van der Waals surface area contributed by atoms with Crippen molar-refractivity contribution in [1.29, 1.82) is 5.26 Å². The molecule has 74 valence electrons. The number of phenols is 1. The van der Waals surface area contributed by atoms with Gasteiger partial charge in [0.05, 0.1) is 0 Å². The molecule has 0 fully saturated rings. The first-order chi connectivity index (χ1) is 7.22. The zero-order valence-electron chi connectivity index (χ0n) is 7.44. The van der Waals surface area contributed by atoms with Gasteiger partial charge in [-0.2, -0.15) is 5.26 Å². The standard InChI is InChI=1S/C10H5BrN2O2/c11-10-8(5-12)9(13-15-10)6-2-1-3-7(14)4-6/h1-4,14H. The molecule has 0 aliphatic carbocycles. The molecule has 0 radical (unpaired) electrons. The minimum atomic E-state index is 0.121. The quantitative estimate of drug-likeness (QED) is 0.860. The summed E-state index contributed by atoms with van der Waals surface area (Å²) in [6, 6.07) is 8.46. The maximum atomic E-state index is 9.29. The Kier molecular flexibility index (Phi) is 2.44. The second-order valence-electron chi connectivity index (χ2n) is 2.84. The normalized spacial score (nSPS) is 9.87. The molecule has 0 unspecified atom stereocenters. The Morgan fingerprint density at radius 1 is 1.47 bits per heavy atom. The van der Waals surface area contributed by atoms with E-state index in [1.165, 1.54) is 6.07 Å². The van der Waals surface area contributed by atoms with Gasteiger partial charge in [0.2, 0.25) is 4.67 Å². The minimum absolute atomic E-state index is 0.121. The number of hydrogen-bond acceptors (Lipinski definition) is 4. The van der Waals surface area contributed by atoms with Crippen molar-refractivity contribution in [3.05, 3.63) is 34.5 Å². The summed E-state index contributed by atoms with van der Waals surface area (Å²) in [4.78, 5) is 0. The van der Waals surface area contributed by atoms with E-state index in [4.69, 9.17) is 9.78 Å². The average Bonchev–Trinajstić information content (AvgIpc) is 2.59. The molecule has 15 heavy (non-hydrogen) atoms. The number of phenolic OH excluding ortho intramolecular Hbond substituents is 1. The Morgan fingerprint density at radius 2 is 2.27 bits per heavy atom. The fourth-order valence-electron chi connectivity index (χ4n) is 1.22. The van der Waals surface area contributed by atoms with Gasteiger partial charge in [-0.05, 0) is 28.1 Å². The summed E-state index contributed by atoms with van der Waals surface area (Å²) in [6.45, 7) is 0. The number of halogens is 1. The van der Waals surface area contributed by atoms with Crippen LogP contribution in [0, 0.1) is 11.3 Å². The summed E-state index contributed by atoms with van der Waals surface area (Å²) >= 11 is 3.08. The highest BCUT2D eigenvalue weighted by Gasteiger charge is 2.15. The molecule has 0 aliphatic rings. The molecule has 0 saturated heterocycles. The summed E-state index contributed by atoms with van der Waals surface area (Å²) in [5.74, 6) is 0.121. The predicted octanol–water partition coefficient (Wildman–Crippen LogP) is 2.68. The molecular weight excluding hydrogens is 260 g/mol. The zero-order valence-corrected chi connectivity index (χ0v) is 9.02. The Morgan fingerprint density at radius 3 is 2.93 bits per heavy atom. The third-order valence-electron chi connectivity index (χ3n) is 1.88. The van der Waals surface area contributed by atoms with E-state index in [-0.39, 0.29) is 5.75 Å². The van der Waals surface area contributed by atoms with Crippen molar-refractivity contribution in [3.8, 4) is 23.1 Å². The first-order valence-corrected chi connectivity index (χ1v) is 4.86. The molecule has 2 aromatic rings. The van der Waals surface area contributed by atoms with Crippen LogP contribution in [-0.4, -0.2) is 10.3 Å². The van der Waals surface area contributed by atoms with Crippen LogP contribution in [0.3, 0.4) is 0 Å². The molecule has 5 heteroatoms. The smallest absolute Gasteiger partial charge is 0.220 e. The average molecular weight is 265 g/mol. The van der Waals surface area contributed by atoms with Gasteiger partial charge in [0.1, 0.15) is 23.1 Å². The van der Waals surface area contributed by atoms with Gasteiger partial charge in [0, 0.05) is 5.56 Å². The molecule has 1 N–H and O–H groups in total. The number of rotatable bonds is 1. The van der Waals surface area contributed by atoms with E-state index >= 15 is 0 Å². The number of nitrogens with zero attached hydrogens (tertiary/aromatic N) is 2. The van der Waals surface area contributed by atoms with E-state index < -0.39 is 0 Å². The highest BCUT2D eigenvalue weighted by molar-refractivity contribution is 9.10. The molecule has 0 spiro atoms. The van der Waals surface area contributed by atoms with Gasteiger partial charge < -0.3 is 9.63 Å². The summed E-state index contributed by atoms with van der Waals surface area (Å²) in [5, 5.41) is 21.9. The molecule has 0 aliphatic heterocycles. The first-order valence-electron chi connectivity index (χ1n) is 4.07. The Bertz CT molecular complexity index is 543. The maximum Gasteiger partial charge on any atom is 0.220 e. The van der Waals surface area contributed by atoms with Crippen molar-refractivity contribution in [2.75, 3.05) is 0 Å². The summed E-state index contributed by atoms with van der Waals surface area (Å²) in [7, 11) is 0. The fourth-order valence-corrected chi connectivity index (χ4v) is 1.57. The number of benzene rings is 1. The lowest BCUT2D eigenvalue weighted by Crippen LogP contribution is -1.81. The van der Waals surface area contributed by atoms with Crippen LogP contribution >= 0.6 is 15.9 Å². The van der Waals surface area contributed by atoms with E-state index in [9.17, 15) is 5.11 Å². The van der Waals surface area contributed by atoms with Crippen molar-refractivity contribution in [3.63, 3.8) is 0 Å². The zero-order chi connectivity index (χ0) is 10.8. The fraction of sp³-hybridized carbons (Fsp3) is 0. The molecule has 4 nitrogen and oxygen atoms in total. The molecule has 1 aromatic carbocycles. The van der Waals surface area contributed by atoms with Gasteiger partial charge in [-0.15, -0.1) is 0 Å². The number of aromatic hydroxyl groups is 1. The molecule has 2 rings (SSSR count). The Labute approximate surface area is 93.9 Å². The second kappa shape index (κ2) is 3.75. The first kappa shape index (κ1) is 9.74. The summed E-state index contributed by atoms with van der Waals surface area (Å²) < 4.78 is 5.14. The van der Waals surface area contributed by atoms with Gasteiger partial charge in [0.25, 0.3) is 0 Å². The lowest BCUT2D eigenvalue weighted by atomic mass is 10.1. The van der Waals surface area contributed by atoms with Crippen LogP contribution < -0.4 is 0 Å². The molecule has 1 aromatic heterocycles. The van der Waals surface area contributed by atoms with Crippen LogP contribution in [0.4, 0.5) is 0 Å². The summed E-state index contributed by atoms with van der Waals surface area (Å²) in [5.41, 5.74) is 1.38. The molecule has 0 bridgehead atoms. The predicted molar refractivity (Wildman–Crippen MR) is 56.0 cm³/mol. The van der Waals surface area contributed by atoms with E-state index in [1.54, 1.807) is 18.2 Å². The molecule has 0 amide bonds. The van der Waals surface area contributed by atoms with Gasteiger partial charge in [-0.25, -0.2) is 0 Å². The minimum Gasteiger partial charge on any atom is -0.508 e. The highest BCUT2D eigenvalue weighted by atomic mass is 79.9. The third-order valence-corrected chi connectivity index (χ3v) is 2.42. The van der Waals surface area contributed by atoms with E-state index in [1.807, 2.05) is 6.07 Å². The van der Waals surface area contributed by atoms with Crippen LogP contribution in [-0.2, 0) is 0 Å². The molecular formula is C10H5BrN2O2. The monoisotopic (exact) mass is 264 g/mol. The van der Waals surface area contributed by atoms with Gasteiger partial charge in [-0.3, -0.25) is 0 Å². The Hall–Kier alpha value is -1.80. The number of aromatic nitrogens is 1. The van der Waals surface area contributed by atoms with Crippen LogP contribution in [0.1, 0.15) is 5.56 Å². The number of hydrogen-bond donors (Lipinski definition) is 1.